The van der Waals surface area contributed by atoms with E-state index < -0.39 is 6.04 Å². The van der Waals surface area contributed by atoms with Crippen LogP contribution in [-0.2, 0) is 0 Å². The molecule has 1 aliphatic rings. The molecular weight excluding hydrogens is 314 g/mol. The summed E-state index contributed by atoms with van der Waals surface area (Å²) in [5.74, 6) is 0. The molecule has 4 rings (SSSR count). The predicted octanol–water partition coefficient (Wildman–Crippen LogP) is 3.28. The average Bonchev–Trinajstić information content (AvgIpc) is 2.98. The molecule has 1 atom stereocenters. The van der Waals surface area contributed by atoms with E-state index in [1.807, 2.05) is 37.3 Å². The molecule has 3 heterocycles. The van der Waals surface area contributed by atoms with Gasteiger partial charge in [-0.25, -0.2) is 4.79 Å². The highest BCUT2D eigenvalue weighted by molar-refractivity contribution is 6.11. The maximum atomic E-state index is 13.1. The van der Waals surface area contributed by atoms with Gasteiger partial charge >= 0.3 is 6.03 Å². The second kappa shape index (κ2) is 5.87. The largest absolute Gasteiger partial charge is 0.330 e. The van der Waals surface area contributed by atoms with Gasteiger partial charge < -0.3 is 0 Å². The molecule has 1 fully saturated rings. The molecule has 1 saturated heterocycles. The Balaban J connectivity index is 1.83. The fourth-order valence-corrected chi connectivity index (χ4v) is 3.22. The van der Waals surface area contributed by atoms with Crippen LogP contribution in [0.15, 0.2) is 55.0 Å². The lowest BCUT2D eigenvalue weighted by Gasteiger charge is -2.21. The lowest BCUT2D eigenvalue weighted by molar-refractivity contribution is 0.255. The standard InChI is InChI=1S/C19H15N5O/c1-13-17(7-4-8-22-13)23-12-15(9-20)24(19(23)25)18-11-21-10-14-5-2-3-6-16(14)18/h2-8,10-11,15H,12H2,1H3/t15-/m1/s1. The van der Waals surface area contributed by atoms with Crippen LogP contribution in [-0.4, -0.2) is 28.6 Å². The third-order valence-electron chi connectivity index (χ3n) is 4.43. The summed E-state index contributed by atoms with van der Waals surface area (Å²) in [4.78, 5) is 24.7. The number of rotatable bonds is 2. The minimum atomic E-state index is -0.584. The summed E-state index contributed by atoms with van der Waals surface area (Å²) >= 11 is 0. The number of urea groups is 1. The summed E-state index contributed by atoms with van der Waals surface area (Å²) in [6.45, 7) is 2.15. The number of benzene rings is 1. The van der Waals surface area contributed by atoms with Crippen molar-refractivity contribution in [3.63, 3.8) is 0 Å². The molecule has 2 aromatic heterocycles. The predicted molar refractivity (Wildman–Crippen MR) is 95.3 cm³/mol. The van der Waals surface area contributed by atoms with Crippen molar-refractivity contribution in [1.29, 1.82) is 5.26 Å². The molecule has 2 amide bonds. The molecule has 122 valence electrons. The van der Waals surface area contributed by atoms with Crippen molar-refractivity contribution in [3.05, 3.63) is 60.7 Å². The molecule has 3 aromatic rings. The van der Waals surface area contributed by atoms with E-state index in [1.54, 1.807) is 29.6 Å². The van der Waals surface area contributed by atoms with Crippen LogP contribution in [0.4, 0.5) is 16.2 Å². The van der Waals surface area contributed by atoms with E-state index in [1.165, 1.54) is 4.90 Å². The fraction of sp³-hybridized carbons (Fsp3) is 0.158. The minimum absolute atomic E-state index is 0.235. The Morgan fingerprint density at radius 2 is 2.00 bits per heavy atom. The van der Waals surface area contributed by atoms with E-state index >= 15 is 0 Å². The van der Waals surface area contributed by atoms with Gasteiger partial charge in [0, 0.05) is 23.2 Å². The third kappa shape index (κ3) is 2.37. The highest BCUT2D eigenvalue weighted by Gasteiger charge is 2.40. The summed E-state index contributed by atoms with van der Waals surface area (Å²) < 4.78 is 0. The molecular formula is C19H15N5O. The number of amides is 2. The first-order valence-corrected chi connectivity index (χ1v) is 7.95. The maximum absolute atomic E-state index is 13.1. The van der Waals surface area contributed by atoms with Crippen molar-refractivity contribution < 1.29 is 4.79 Å². The van der Waals surface area contributed by atoms with E-state index in [2.05, 4.69) is 16.0 Å². The van der Waals surface area contributed by atoms with Gasteiger partial charge in [0.25, 0.3) is 0 Å². The molecule has 0 spiro atoms. The first-order valence-electron chi connectivity index (χ1n) is 7.95. The lowest BCUT2D eigenvalue weighted by Crippen LogP contribution is -2.35. The number of carbonyl (C=O) groups excluding carboxylic acids is 1. The van der Waals surface area contributed by atoms with E-state index in [0.717, 1.165) is 22.2 Å². The molecule has 0 saturated carbocycles. The topological polar surface area (TPSA) is 73.1 Å². The molecule has 1 aliphatic heterocycles. The van der Waals surface area contributed by atoms with Gasteiger partial charge in [0.1, 0.15) is 6.04 Å². The van der Waals surface area contributed by atoms with Gasteiger partial charge in [-0.15, -0.1) is 0 Å². The Kier molecular flexibility index (Phi) is 3.55. The SMILES string of the molecule is Cc1ncccc1N1C[C@@H](C#N)N(c2cncc3ccccc23)C1=O. The van der Waals surface area contributed by atoms with Crippen LogP contribution in [0.2, 0.25) is 0 Å². The van der Waals surface area contributed by atoms with E-state index in [4.69, 9.17) is 0 Å². The summed E-state index contributed by atoms with van der Waals surface area (Å²) in [5.41, 5.74) is 2.13. The number of fused-ring (bicyclic) bond motifs is 1. The number of nitrogens with zero attached hydrogens (tertiary/aromatic N) is 5. The lowest BCUT2D eigenvalue weighted by atomic mass is 10.1. The number of aromatic nitrogens is 2. The van der Waals surface area contributed by atoms with Crippen LogP contribution in [0.1, 0.15) is 5.69 Å². The van der Waals surface area contributed by atoms with Crippen molar-refractivity contribution in [2.75, 3.05) is 16.3 Å². The summed E-state index contributed by atoms with van der Waals surface area (Å²) in [6, 6.07) is 12.8. The van der Waals surface area contributed by atoms with Crippen LogP contribution >= 0.6 is 0 Å². The second-order valence-corrected chi connectivity index (χ2v) is 5.90. The normalized spacial score (nSPS) is 17.1. The van der Waals surface area contributed by atoms with Gasteiger partial charge in [-0.05, 0) is 19.1 Å². The van der Waals surface area contributed by atoms with Crippen LogP contribution in [0.3, 0.4) is 0 Å². The van der Waals surface area contributed by atoms with Crippen LogP contribution in [0.25, 0.3) is 10.8 Å². The third-order valence-corrected chi connectivity index (χ3v) is 4.43. The quantitative estimate of drug-likeness (QED) is 0.723. The monoisotopic (exact) mass is 329 g/mol. The van der Waals surface area contributed by atoms with Crippen molar-refractivity contribution >= 4 is 28.2 Å². The number of aryl methyl sites for hydroxylation is 1. The van der Waals surface area contributed by atoms with Crippen molar-refractivity contribution in [3.8, 4) is 6.07 Å². The number of hydrogen-bond donors (Lipinski definition) is 0. The molecule has 25 heavy (non-hydrogen) atoms. The molecule has 0 N–H and O–H groups in total. The Labute approximate surface area is 145 Å². The van der Waals surface area contributed by atoms with E-state index in [9.17, 15) is 10.1 Å². The molecule has 6 nitrogen and oxygen atoms in total. The fourth-order valence-electron chi connectivity index (χ4n) is 3.22. The van der Waals surface area contributed by atoms with Crippen LogP contribution in [0.5, 0.6) is 0 Å². The van der Waals surface area contributed by atoms with Gasteiger partial charge in [0.15, 0.2) is 0 Å². The van der Waals surface area contributed by atoms with Crippen molar-refractivity contribution in [2.45, 2.75) is 13.0 Å². The van der Waals surface area contributed by atoms with E-state index in [0.29, 0.717) is 12.2 Å². The number of hydrogen-bond acceptors (Lipinski definition) is 4. The summed E-state index contributed by atoms with van der Waals surface area (Å²) in [5, 5.41) is 11.4. The van der Waals surface area contributed by atoms with Gasteiger partial charge in [-0.2, -0.15) is 5.26 Å². The zero-order valence-corrected chi connectivity index (χ0v) is 13.6. The van der Waals surface area contributed by atoms with Gasteiger partial charge in [-0.3, -0.25) is 19.8 Å². The summed E-state index contributed by atoms with van der Waals surface area (Å²) in [6.07, 6.45) is 5.08. The maximum Gasteiger partial charge on any atom is 0.330 e. The number of carbonyl (C=O) groups is 1. The molecule has 0 bridgehead atoms. The molecule has 0 radical (unpaired) electrons. The summed E-state index contributed by atoms with van der Waals surface area (Å²) in [7, 11) is 0. The average molecular weight is 329 g/mol. The van der Waals surface area contributed by atoms with Crippen molar-refractivity contribution in [1.82, 2.24) is 9.97 Å². The second-order valence-electron chi connectivity index (χ2n) is 5.90. The van der Waals surface area contributed by atoms with E-state index in [-0.39, 0.29) is 6.03 Å². The van der Waals surface area contributed by atoms with Crippen molar-refractivity contribution in [2.24, 2.45) is 0 Å². The highest BCUT2D eigenvalue weighted by atomic mass is 16.2. The molecule has 0 unspecified atom stereocenters. The smallest absolute Gasteiger partial charge is 0.289 e. The molecule has 6 heteroatoms. The van der Waals surface area contributed by atoms with Gasteiger partial charge in [0.2, 0.25) is 0 Å². The first kappa shape index (κ1) is 15.1. The zero-order valence-electron chi connectivity index (χ0n) is 13.6. The number of pyridine rings is 2. The Bertz CT molecular complexity index is 1000. The van der Waals surface area contributed by atoms with Crippen LogP contribution < -0.4 is 9.80 Å². The van der Waals surface area contributed by atoms with Gasteiger partial charge in [-0.1, -0.05) is 24.3 Å². The molecule has 1 aromatic carbocycles. The van der Waals surface area contributed by atoms with Gasteiger partial charge in [0.05, 0.1) is 35.9 Å². The number of nitriles is 1. The van der Waals surface area contributed by atoms with Crippen LogP contribution in [0, 0.1) is 18.3 Å². The highest BCUT2D eigenvalue weighted by Crippen LogP contribution is 2.33. The number of anilines is 2. The zero-order chi connectivity index (χ0) is 17.4. The molecule has 0 aliphatic carbocycles. The Morgan fingerprint density at radius 1 is 1.16 bits per heavy atom. The Hall–Kier alpha value is -3.46. The minimum Gasteiger partial charge on any atom is -0.289 e. The first-order chi connectivity index (χ1) is 12.2. The Morgan fingerprint density at radius 3 is 2.80 bits per heavy atom.